The normalized spacial score (nSPS) is 17.4. The van der Waals surface area contributed by atoms with Crippen molar-refractivity contribution in [1.82, 2.24) is 9.55 Å². The molecule has 0 unspecified atom stereocenters. The average molecular weight is 581 g/mol. The number of hydrogen-bond acceptors (Lipinski definition) is 5. The Morgan fingerprint density at radius 3 is 2.42 bits per heavy atom. The van der Waals surface area contributed by atoms with Gasteiger partial charge in [-0.05, 0) is 36.2 Å². The fourth-order valence-electron chi connectivity index (χ4n) is 5.77. The van der Waals surface area contributed by atoms with Gasteiger partial charge in [0.25, 0.3) is 11.8 Å². The molecule has 0 aliphatic carbocycles. The summed E-state index contributed by atoms with van der Waals surface area (Å²) in [7, 11) is 3.02. The van der Waals surface area contributed by atoms with Crippen LogP contribution in [-0.2, 0) is 10.3 Å². The molecule has 2 aromatic heterocycles. The van der Waals surface area contributed by atoms with Gasteiger partial charge in [0.2, 0.25) is 5.88 Å². The fourth-order valence-corrected chi connectivity index (χ4v) is 6.11. The van der Waals surface area contributed by atoms with Gasteiger partial charge < -0.3 is 19.4 Å². The molecule has 2 aliphatic rings. The van der Waals surface area contributed by atoms with Gasteiger partial charge in [-0.2, -0.15) is 0 Å². The van der Waals surface area contributed by atoms with E-state index in [9.17, 15) is 9.59 Å². The third kappa shape index (κ3) is 3.47. The number of carbonyl (C=O) groups is 2. The van der Waals surface area contributed by atoms with Crippen LogP contribution in [0.4, 0.5) is 15.8 Å². The van der Waals surface area contributed by atoms with Crippen molar-refractivity contribution in [2.45, 2.75) is 25.3 Å². The molecule has 204 valence electrons. The molecular weight excluding hydrogens is 558 g/mol. The van der Waals surface area contributed by atoms with Crippen molar-refractivity contribution in [2.75, 3.05) is 24.4 Å². The third-order valence-corrected chi connectivity index (χ3v) is 7.80. The van der Waals surface area contributed by atoms with E-state index in [-0.39, 0.29) is 22.2 Å². The number of methoxy groups -OCH3 is 2. The number of anilines is 2. The van der Waals surface area contributed by atoms with Gasteiger partial charge in [0, 0.05) is 44.8 Å². The van der Waals surface area contributed by atoms with Crippen molar-refractivity contribution in [3.63, 3.8) is 0 Å². The molecule has 8 nitrogen and oxygen atoms in total. The first kappa shape index (κ1) is 26.2. The Morgan fingerprint density at radius 1 is 1.00 bits per heavy atom. The number of carbonyl (C=O) groups excluding carboxylic acids is 2. The molecule has 4 aromatic rings. The van der Waals surface area contributed by atoms with Crippen molar-refractivity contribution in [3.8, 4) is 17.3 Å². The van der Waals surface area contributed by atoms with Gasteiger partial charge in [-0.1, -0.05) is 43.1 Å². The summed E-state index contributed by atoms with van der Waals surface area (Å²) < 4.78 is 28.1. The molecule has 2 aliphatic heterocycles. The van der Waals surface area contributed by atoms with Gasteiger partial charge in [0.05, 0.1) is 31.7 Å². The Labute approximate surface area is 239 Å². The summed E-state index contributed by atoms with van der Waals surface area (Å²) in [5.41, 5.74) is 0.898. The molecule has 40 heavy (non-hydrogen) atoms. The van der Waals surface area contributed by atoms with Gasteiger partial charge in [0.15, 0.2) is 5.54 Å². The number of aromatic nitrogens is 2. The van der Waals surface area contributed by atoms with Gasteiger partial charge in [-0.3, -0.25) is 14.5 Å². The van der Waals surface area contributed by atoms with E-state index < -0.39 is 23.2 Å². The maximum Gasteiger partial charge on any atom is 0.261 e. The number of nitrogens with zero attached hydrogens (tertiary/aromatic N) is 3. The number of pyridine rings is 1. The minimum atomic E-state index is -1.74. The lowest BCUT2D eigenvalue weighted by Crippen LogP contribution is -2.51. The van der Waals surface area contributed by atoms with Crippen LogP contribution in [0, 0.1) is 5.82 Å². The summed E-state index contributed by atoms with van der Waals surface area (Å²) in [4.78, 5) is 34.1. The van der Waals surface area contributed by atoms with E-state index in [0.717, 1.165) is 0 Å². The van der Waals surface area contributed by atoms with Crippen molar-refractivity contribution >= 4 is 46.4 Å². The molecule has 0 saturated carbocycles. The molecule has 1 atom stereocenters. The van der Waals surface area contributed by atoms with Gasteiger partial charge in [-0.15, -0.1) is 0 Å². The Kier molecular flexibility index (Phi) is 6.05. The lowest BCUT2D eigenvalue weighted by atomic mass is 9.81. The summed E-state index contributed by atoms with van der Waals surface area (Å²) in [6, 6.07) is 10.5. The van der Waals surface area contributed by atoms with Crippen molar-refractivity contribution in [3.05, 3.63) is 93.1 Å². The van der Waals surface area contributed by atoms with Crippen LogP contribution in [0.1, 0.15) is 46.9 Å². The Balaban J connectivity index is 1.73. The number of benzene rings is 2. The quantitative estimate of drug-likeness (QED) is 0.299. The topological polar surface area (TPSA) is 85.7 Å². The van der Waals surface area contributed by atoms with Crippen molar-refractivity contribution in [1.29, 1.82) is 0 Å². The number of rotatable bonds is 5. The lowest BCUT2D eigenvalue weighted by Gasteiger charge is -2.36. The number of ether oxygens (including phenoxy) is 2. The van der Waals surface area contributed by atoms with Crippen molar-refractivity contribution < 1.29 is 23.5 Å². The molecule has 4 heterocycles. The van der Waals surface area contributed by atoms with Crippen LogP contribution in [0.25, 0.3) is 5.69 Å². The third-order valence-electron chi connectivity index (χ3n) is 7.33. The first-order chi connectivity index (χ1) is 19.1. The van der Waals surface area contributed by atoms with Gasteiger partial charge in [-0.25, -0.2) is 9.37 Å². The number of hydrogen-bond donors (Lipinski definition) is 1. The highest BCUT2D eigenvalue weighted by Crippen LogP contribution is 2.56. The first-order valence-corrected chi connectivity index (χ1v) is 13.1. The second-order valence-electron chi connectivity index (χ2n) is 9.82. The lowest BCUT2D eigenvalue weighted by molar-refractivity contribution is -0.119. The van der Waals surface area contributed by atoms with Gasteiger partial charge in [0.1, 0.15) is 17.3 Å². The van der Waals surface area contributed by atoms with E-state index in [2.05, 4.69) is 10.3 Å². The van der Waals surface area contributed by atoms with E-state index >= 15 is 4.39 Å². The second kappa shape index (κ2) is 9.25. The average Bonchev–Trinajstić information content (AvgIpc) is 3.53. The molecule has 0 radical (unpaired) electrons. The van der Waals surface area contributed by atoms with E-state index in [4.69, 9.17) is 32.7 Å². The standard InChI is InChI=1S/C29H23Cl2FN4O4/c1-14(2)26-25-17(13-35(26)22-12-33-24(40-4)11-23(22)39-3)27(37)36(21-10-16(31)6-8-19(21)32)29(25)18-7-5-15(30)9-20(18)34-28(29)38/h5-14H,1-4H3,(H,34,38)/t29-/m0/s1. The molecule has 6 rings (SSSR count). The van der Waals surface area contributed by atoms with Crippen LogP contribution in [-0.4, -0.2) is 35.6 Å². The zero-order chi connectivity index (χ0) is 28.5. The number of halogens is 3. The van der Waals surface area contributed by atoms with Crippen molar-refractivity contribution in [2.24, 2.45) is 0 Å². The molecule has 0 fully saturated rings. The fraction of sp³-hybridized carbons (Fsp3) is 0.207. The molecule has 0 saturated heterocycles. The maximum absolute atomic E-state index is 15.5. The molecule has 11 heteroatoms. The molecule has 2 aromatic carbocycles. The summed E-state index contributed by atoms with van der Waals surface area (Å²) in [6.45, 7) is 3.90. The zero-order valence-corrected chi connectivity index (χ0v) is 23.4. The SMILES string of the molecule is COc1cc(OC)c(-n2cc3c(c2C(C)C)[C@@]2(C(=O)Nc4cc(Cl)ccc42)N(c2cc(Cl)ccc2F)C3=O)cn1. The summed E-state index contributed by atoms with van der Waals surface area (Å²) >= 11 is 12.5. The smallest absolute Gasteiger partial charge is 0.261 e. The Morgan fingerprint density at radius 2 is 1.73 bits per heavy atom. The number of amides is 2. The number of fused-ring (bicyclic) bond motifs is 4. The predicted molar refractivity (Wildman–Crippen MR) is 150 cm³/mol. The largest absolute Gasteiger partial charge is 0.494 e. The second-order valence-corrected chi connectivity index (χ2v) is 10.7. The Hall–Kier alpha value is -4.08. The van der Waals surface area contributed by atoms with E-state index in [1.54, 1.807) is 41.2 Å². The highest BCUT2D eigenvalue weighted by atomic mass is 35.5. The predicted octanol–water partition coefficient (Wildman–Crippen LogP) is 6.31. The minimum Gasteiger partial charge on any atom is -0.494 e. The Bertz CT molecular complexity index is 1740. The van der Waals surface area contributed by atoms with Gasteiger partial charge >= 0.3 is 0 Å². The number of nitrogens with one attached hydrogen (secondary N) is 1. The van der Waals surface area contributed by atoms with E-state index in [1.165, 1.54) is 37.3 Å². The highest BCUT2D eigenvalue weighted by molar-refractivity contribution is 6.32. The summed E-state index contributed by atoms with van der Waals surface area (Å²) in [6.07, 6.45) is 3.22. The van der Waals surface area contributed by atoms with Crippen LogP contribution in [0.5, 0.6) is 11.6 Å². The highest BCUT2D eigenvalue weighted by Gasteiger charge is 2.63. The zero-order valence-electron chi connectivity index (χ0n) is 21.9. The van der Waals surface area contributed by atoms with Crippen LogP contribution in [0.2, 0.25) is 10.0 Å². The van der Waals surface area contributed by atoms with E-state index in [1.807, 2.05) is 13.8 Å². The monoisotopic (exact) mass is 580 g/mol. The molecule has 1 spiro atoms. The van der Waals surface area contributed by atoms with Crippen LogP contribution in [0.15, 0.2) is 54.9 Å². The molecule has 0 bridgehead atoms. The summed E-state index contributed by atoms with van der Waals surface area (Å²) in [5, 5.41) is 3.50. The summed E-state index contributed by atoms with van der Waals surface area (Å²) in [5.74, 6) is -1.18. The van der Waals surface area contributed by atoms with Crippen LogP contribution < -0.4 is 19.7 Å². The minimum absolute atomic E-state index is 0.114. The molecule has 2 amide bonds. The molecular formula is C29H23Cl2FN4O4. The maximum atomic E-state index is 15.5. The molecule has 1 N–H and O–H groups in total. The van der Waals surface area contributed by atoms with E-state index in [0.29, 0.717) is 44.8 Å². The van der Waals surface area contributed by atoms with Crippen LogP contribution in [0.3, 0.4) is 0 Å². The van der Waals surface area contributed by atoms with Crippen LogP contribution >= 0.6 is 23.2 Å². The first-order valence-electron chi connectivity index (χ1n) is 12.4.